The Kier molecular flexibility index (Phi) is 26.7. The maximum Gasteiger partial charge on any atom is 0.306 e. The number of rotatable bonds is 34. The molecule has 7 heterocycles. The van der Waals surface area contributed by atoms with Crippen molar-refractivity contribution in [3.05, 3.63) is 34.3 Å². The van der Waals surface area contributed by atoms with Crippen LogP contribution in [0.15, 0.2) is 49.3 Å². The molecule has 3 fully saturated rings. The molecule has 0 aliphatic carbocycles. The number of esters is 7. The number of carbonyl (C=O) groups excluding carboxylic acids is 7. The fraction of sp³-hybridized carbons (Fsp3) is 0.781. The topological polar surface area (TPSA) is 240 Å². The van der Waals surface area contributed by atoms with E-state index in [-0.39, 0.29) is 82.7 Å². The van der Waals surface area contributed by atoms with Crippen LogP contribution in [0.2, 0.25) is 0 Å². The van der Waals surface area contributed by atoms with Crippen LogP contribution in [0.5, 0.6) is 0 Å². The molecular formula is C73H114N6O14. The Morgan fingerprint density at radius 3 is 1.59 bits per heavy atom. The lowest BCUT2D eigenvalue weighted by Gasteiger charge is -2.48. The van der Waals surface area contributed by atoms with Gasteiger partial charge in [0.05, 0.1) is 80.1 Å². The number of hydrogen-bond donors (Lipinski definition) is 1. The largest absolute Gasteiger partial charge is 0.469 e. The van der Waals surface area contributed by atoms with Gasteiger partial charge in [-0.2, -0.15) is 0 Å². The fourth-order valence-corrected chi connectivity index (χ4v) is 17.1. The molecule has 20 heteroatoms. The third-order valence-corrected chi connectivity index (χ3v) is 23.2. The SMILES string of the molecule is COC(=O)CC[C@@H]1/C2=C(\C)C3=N[C@H]([C@H](CC(=O)OC)[C@@]3(C)CCC(=O)OC)[C@@]3(C)N=C(/C(C)=C4\N/C(=C\C(=N2)C1(C)C)[C@@H](CCC(=O)OC)[C@]4(C)CC(=O)OCC(CCCCCCN1CCCC1)CCCCCCN1CCCC1)[C@@H](CCC(=O)OC)[C@]3(C)CC(=O)OC. The van der Waals surface area contributed by atoms with Gasteiger partial charge in [-0.1, -0.05) is 73.1 Å². The van der Waals surface area contributed by atoms with Gasteiger partial charge in [0.2, 0.25) is 0 Å². The van der Waals surface area contributed by atoms with E-state index in [0.29, 0.717) is 51.8 Å². The molecule has 0 aromatic carbocycles. The van der Waals surface area contributed by atoms with Crippen LogP contribution in [0.1, 0.15) is 216 Å². The van der Waals surface area contributed by atoms with Crippen molar-refractivity contribution in [2.75, 3.05) is 88.5 Å². The summed E-state index contributed by atoms with van der Waals surface area (Å²) in [6.45, 7) is 23.5. The first kappa shape index (κ1) is 74.6. The number of nitrogens with one attached hydrogen (secondary N) is 1. The summed E-state index contributed by atoms with van der Waals surface area (Å²) in [5.41, 5.74) is -0.395. The Bertz CT molecular complexity index is 2850. The van der Waals surface area contributed by atoms with Gasteiger partial charge in [0.25, 0.3) is 0 Å². The van der Waals surface area contributed by atoms with E-state index in [0.717, 1.165) is 51.6 Å². The molecule has 0 saturated carbocycles. The van der Waals surface area contributed by atoms with E-state index in [4.69, 9.17) is 48.1 Å². The number of allylic oxidation sites excluding steroid dienone is 6. The van der Waals surface area contributed by atoms with E-state index in [1.54, 1.807) is 0 Å². The molecule has 0 unspecified atom stereocenters. The summed E-state index contributed by atoms with van der Waals surface area (Å²) < 4.78 is 38.8. The van der Waals surface area contributed by atoms with Gasteiger partial charge in [-0.25, -0.2) is 0 Å². The van der Waals surface area contributed by atoms with Gasteiger partial charge in [-0.15, -0.1) is 0 Å². The van der Waals surface area contributed by atoms with Crippen LogP contribution in [0.25, 0.3) is 0 Å². The summed E-state index contributed by atoms with van der Waals surface area (Å²) in [5.74, 6) is -5.34. The minimum absolute atomic E-state index is 0.0163. The van der Waals surface area contributed by atoms with Crippen LogP contribution in [0.3, 0.4) is 0 Å². The van der Waals surface area contributed by atoms with Crippen molar-refractivity contribution in [3.8, 4) is 0 Å². The molecule has 9 atom stereocenters. The van der Waals surface area contributed by atoms with Crippen molar-refractivity contribution in [3.63, 3.8) is 0 Å². The molecule has 0 aromatic heterocycles. The van der Waals surface area contributed by atoms with Gasteiger partial charge in [0.15, 0.2) is 0 Å². The van der Waals surface area contributed by atoms with Crippen LogP contribution in [-0.4, -0.2) is 169 Å². The van der Waals surface area contributed by atoms with Crippen LogP contribution >= 0.6 is 0 Å². The second-order valence-corrected chi connectivity index (χ2v) is 29.2. The van der Waals surface area contributed by atoms with E-state index in [2.05, 4.69) is 29.0 Å². The zero-order valence-electron chi connectivity index (χ0n) is 59.1. The maximum atomic E-state index is 15.3. The number of likely N-dealkylation sites (tertiary alicyclic amines) is 2. The van der Waals surface area contributed by atoms with Crippen LogP contribution < -0.4 is 5.32 Å². The number of methoxy groups -OCH3 is 6. The number of nitrogens with zero attached hydrogens (tertiary/aromatic N) is 5. The van der Waals surface area contributed by atoms with Gasteiger partial charge >= 0.3 is 41.8 Å². The summed E-state index contributed by atoms with van der Waals surface area (Å²) in [7, 11) is 8.07. The molecule has 3 saturated heterocycles. The molecule has 0 spiro atoms. The Morgan fingerprint density at radius 1 is 0.570 bits per heavy atom. The quantitative estimate of drug-likeness (QED) is 0.0358. The average Bonchev–Trinajstić information content (AvgIpc) is 1.53. The first-order valence-electron chi connectivity index (χ1n) is 35.0. The van der Waals surface area contributed by atoms with Gasteiger partial charge in [0.1, 0.15) is 0 Å². The minimum Gasteiger partial charge on any atom is -0.469 e. The predicted molar refractivity (Wildman–Crippen MR) is 358 cm³/mol. The number of aliphatic imine (C=N–C) groups is 3. The van der Waals surface area contributed by atoms with Crippen molar-refractivity contribution in [2.24, 2.45) is 66.2 Å². The monoisotopic (exact) mass is 1300 g/mol. The Hall–Kier alpha value is -5.76. The summed E-state index contributed by atoms with van der Waals surface area (Å²) in [6, 6.07) is -0.899. The van der Waals surface area contributed by atoms with E-state index in [1.807, 2.05) is 47.6 Å². The van der Waals surface area contributed by atoms with Crippen LogP contribution in [-0.2, 0) is 66.7 Å². The van der Waals surface area contributed by atoms with E-state index in [1.165, 1.54) is 120 Å². The average molecular weight is 1300 g/mol. The second kappa shape index (κ2) is 33.3. The van der Waals surface area contributed by atoms with Crippen molar-refractivity contribution in [2.45, 2.75) is 227 Å². The van der Waals surface area contributed by atoms with Crippen molar-refractivity contribution in [1.82, 2.24) is 15.1 Å². The summed E-state index contributed by atoms with van der Waals surface area (Å²) >= 11 is 0. The molecular weight excluding hydrogens is 1180 g/mol. The van der Waals surface area contributed by atoms with E-state index < -0.39 is 92.7 Å². The molecule has 7 aliphatic rings. The normalized spacial score (nSPS) is 30.3. The van der Waals surface area contributed by atoms with Crippen LogP contribution in [0.4, 0.5) is 0 Å². The highest BCUT2D eigenvalue weighted by molar-refractivity contribution is 6.10. The maximum absolute atomic E-state index is 15.3. The molecule has 7 aliphatic heterocycles. The molecule has 520 valence electrons. The Morgan fingerprint density at radius 2 is 1.06 bits per heavy atom. The van der Waals surface area contributed by atoms with Gasteiger partial charge < -0.3 is 48.3 Å². The standard InChI is InChI=1S/C73H114N6O14/c1-48-64-52(30-33-58(81)88-10)69(3,4)56(75-64)44-55-51(29-32-57(80)87-9)71(6,45-63(86)93-47-50(27-19-15-17-21-37-78-39-23-24-40-78)28-20-16-18-22-38-79-41-25-26-42-79)67(74-55)49(2)65-53(31-34-59(82)89-11)72(7,46-62(85)92-14)73(8,77-65)68-54(43-61(84)91-13)70(5,66(48)76-68)36-35-60(83)90-12/h44,50-54,68,74H,15-43,45-47H2,1-14H3/b55-44-,64-48-,67-49-/t51-,52-,53-,54+,68-,70-,71+,72+,73-/m1/s1. The van der Waals surface area contributed by atoms with Crippen molar-refractivity contribution < 1.29 is 66.7 Å². The molecule has 1 N–H and O–H groups in total. The minimum atomic E-state index is -1.39. The van der Waals surface area contributed by atoms with Crippen LogP contribution in [0, 0.1) is 51.2 Å². The third kappa shape index (κ3) is 17.3. The van der Waals surface area contributed by atoms with Gasteiger partial charge in [-0.05, 0) is 160 Å². The number of fused-ring (bicyclic) bond motifs is 6. The van der Waals surface area contributed by atoms with Crippen molar-refractivity contribution in [1.29, 1.82) is 0 Å². The first-order chi connectivity index (χ1) is 44.3. The molecule has 93 heavy (non-hydrogen) atoms. The number of ether oxygens (including phenoxy) is 7. The summed E-state index contributed by atoms with van der Waals surface area (Å²) in [5, 5.41) is 3.89. The van der Waals surface area contributed by atoms with Gasteiger partial charge in [0, 0.05) is 105 Å². The number of unbranched alkanes of at least 4 members (excludes halogenated alkanes) is 6. The first-order valence-corrected chi connectivity index (χ1v) is 35.0. The Labute approximate surface area is 555 Å². The molecule has 20 nitrogen and oxygen atoms in total. The number of hydrogen-bond acceptors (Lipinski definition) is 20. The van der Waals surface area contributed by atoms with Crippen molar-refractivity contribution >= 4 is 58.9 Å². The lowest BCUT2D eigenvalue weighted by molar-refractivity contribution is -0.148. The second-order valence-electron chi connectivity index (χ2n) is 29.2. The highest BCUT2D eigenvalue weighted by atomic mass is 16.5. The lowest BCUT2D eigenvalue weighted by Crippen LogP contribution is -2.55. The molecule has 0 aromatic rings. The highest BCUT2D eigenvalue weighted by Gasteiger charge is 2.67. The predicted octanol–water partition coefficient (Wildman–Crippen LogP) is 11.6. The van der Waals surface area contributed by atoms with E-state index in [9.17, 15) is 28.8 Å². The molecule has 7 rings (SSSR count). The zero-order chi connectivity index (χ0) is 67.9. The Balaban J connectivity index is 1.41. The molecule has 0 radical (unpaired) electrons. The third-order valence-electron chi connectivity index (χ3n) is 23.2. The molecule has 0 amide bonds. The molecule has 8 bridgehead atoms. The van der Waals surface area contributed by atoms with E-state index >= 15 is 4.79 Å². The van der Waals surface area contributed by atoms with Gasteiger partial charge in [-0.3, -0.25) is 48.5 Å². The summed E-state index contributed by atoms with van der Waals surface area (Å²) in [6.07, 6.45) is 18.7. The number of carbonyl (C=O) groups is 7. The highest BCUT2D eigenvalue weighted by Crippen LogP contribution is 2.63. The zero-order valence-corrected chi connectivity index (χ0v) is 59.1. The fourth-order valence-electron chi connectivity index (χ4n) is 17.1. The smallest absolute Gasteiger partial charge is 0.306 e. The summed E-state index contributed by atoms with van der Waals surface area (Å²) in [4.78, 5) is 120. The lowest BCUT2D eigenvalue weighted by atomic mass is 9.55.